The van der Waals surface area contributed by atoms with Crippen molar-refractivity contribution in [3.05, 3.63) is 0 Å². The van der Waals surface area contributed by atoms with Gasteiger partial charge in [0.25, 0.3) is 0 Å². The molecule has 0 aromatic rings. The van der Waals surface area contributed by atoms with Gasteiger partial charge >= 0.3 is 0 Å². The fraction of sp³-hybridized carbons (Fsp3) is 1.00. The third-order valence-electron chi connectivity index (χ3n) is 8.04. The summed E-state index contributed by atoms with van der Waals surface area (Å²) in [5, 5.41) is 10.8. The molecule has 0 heterocycles. The number of quaternary nitrogens is 2. The maximum absolute atomic E-state index is 10.8. The Hall–Kier alpha value is -0.120. The average molecular weight is 485 g/mol. The highest BCUT2D eigenvalue weighted by molar-refractivity contribution is 4.58. The summed E-state index contributed by atoms with van der Waals surface area (Å²) in [6.45, 7) is 8.94. The van der Waals surface area contributed by atoms with Gasteiger partial charge in [-0.15, -0.1) is 0 Å². The molecule has 0 aliphatic carbocycles. The summed E-state index contributed by atoms with van der Waals surface area (Å²) >= 11 is 0. The third-order valence-corrected chi connectivity index (χ3v) is 8.04. The van der Waals surface area contributed by atoms with Crippen LogP contribution in [0.1, 0.15) is 149 Å². The molecule has 0 radical (unpaired) electrons. The van der Waals surface area contributed by atoms with Crippen LogP contribution in [0.3, 0.4) is 0 Å². The molecule has 3 nitrogen and oxygen atoms in total. The molecule has 34 heavy (non-hydrogen) atoms. The van der Waals surface area contributed by atoms with Gasteiger partial charge in [0.2, 0.25) is 6.17 Å². The van der Waals surface area contributed by atoms with Gasteiger partial charge in [-0.05, 0) is 32.6 Å². The van der Waals surface area contributed by atoms with E-state index in [9.17, 15) is 5.11 Å². The zero-order valence-corrected chi connectivity index (χ0v) is 25.1. The minimum atomic E-state index is -0.281. The second-order valence-electron chi connectivity index (χ2n) is 12.5. The second-order valence-corrected chi connectivity index (χ2v) is 12.5. The van der Waals surface area contributed by atoms with Crippen LogP contribution in [0.15, 0.2) is 0 Å². The Morgan fingerprint density at radius 2 is 0.676 bits per heavy atom. The fourth-order valence-electron chi connectivity index (χ4n) is 6.29. The molecule has 0 amide bonds. The summed E-state index contributed by atoms with van der Waals surface area (Å²) in [5.74, 6) is 0. The van der Waals surface area contributed by atoms with Crippen molar-refractivity contribution < 1.29 is 14.1 Å². The van der Waals surface area contributed by atoms with Crippen molar-refractivity contribution in [2.24, 2.45) is 0 Å². The van der Waals surface area contributed by atoms with E-state index >= 15 is 0 Å². The summed E-state index contributed by atoms with van der Waals surface area (Å²) in [4.78, 5) is 0. The summed E-state index contributed by atoms with van der Waals surface area (Å²) < 4.78 is 1.86. The minimum absolute atomic E-state index is 0.247. The highest BCUT2D eigenvalue weighted by atomic mass is 16.3. The lowest BCUT2D eigenvalue weighted by Gasteiger charge is -2.48. The molecule has 0 fully saturated rings. The average Bonchev–Trinajstić information content (AvgIpc) is 2.75. The van der Waals surface area contributed by atoms with Crippen molar-refractivity contribution >= 4 is 0 Å². The number of unbranched alkanes of at least 4 members (excludes halogenated alkanes) is 18. The number of aliphatic hydroxyl groups is 1. The van der Waals surface area contributed by atoms with E-state index in [2.05, 4.69) is 42.0 Å². The molecule has 1 atom stereocenters. The van der Waals surface area contributed by atoms with Crippen molar-refractivity contribution in [3.8, 4) is 0 Å². The van der Waals surface area contributed by atoms with Crippen LogP contribution in [-0.2, 0) is 0 Å². The van der Waals surface area contributed by atoms with Gasteiger partial charge in [0.15, 0.2) is 6.10 Å². The van der Waals surface area contributed by atoms with Crippen LogP contribution < -0.4 is 0 Å². The third kappa shape index (κ3) is 17.3. The van der Waals surface area contributed by atoms with E-state index < -0.39 is 0 Å². The van der Waals surface area contributed by atoms with Crippen LogP contribution in [0.4, 0.5) is 0 Å². The topological polar surface area (TPSA) is 20.2 Å². The van der Waals surface area contributed by atoms with E-state index in [1.807, 2.05) is 6.92 Å². The smallest absolute Gasteiger partial charge is 0.242 e. The lowest BCUT2D eigenvalue weighted by Crippen LogP contribution is -2.68. The van der Waals surface area contributed by atoms with Crippen molar-refractivity contribution in [2.75, 3.05) is 41.3 Å². The first-order valence-electron chi connectivity index (χ1n) is 15.5. The van der Waals surface area contributed by atoms with Crippen LogP contribution in [-0.4, -0.2) is 67.6 Å². The van der Waals surface area contributed by atoms with E-state index in [4.69, 9.17) is 0 Å². The SMILES string of the molecule is CCCCCCCCCCCC[N+](C)(C)C(C(C)O)[N+](C)(C)CCCCCCCCCCCC. The zero-order valence-electron chi connectivity index (χ0n) is 25.1. The number of aliphatic hydroxyl groups excluding tert-OH is 1. The standard InChI is InChI=1S/C31H68N2O/c1-8-10-12-14-16-18-20-22-24-26-28-32(4,5)31(30(3)34)33(6,7)29-27-25-23-21-19-17-15-13-11-9-2/h30-31,34H,8-29H2,1-7H3/q+2. The van der Waals surface area contributed by atoms with E-state index in [1.165, 1.54) is 142 Å². The predicted molar refractivity (Wildman–Crippen MR) is 153 cm³/mol. The van der Waals surface area contributed by atoms with Crippen molar-refractivity contribution in [2.45, 2.75) is 161 Å². The summed E-state index contributed by atoms with van der Waals surface area (Å²) in [5.41, 5.74) is 0. The van der Waals surface area contributed by atoms with E-state index in [-0.39, 0.29) is 12.3 Å². The fourth-order valence-corrected chi connectivity index (χ4v) is 6.29. The summed E-state index contributed by atoms with van der Waals surface area (Å²) in [7, 11) is 9.40. The minimum Gasteiger partial charge on any atom is -0.381 e. The Kier molecular flexibility index (Phi) is 20.9. The maximum Gasteiger partial charge on any atom is 0.242 e. The van der Waals surface area contributed by atoms with Gasteiger partial charge in [0.1, 0.15) is 0 Å². The zero-order chi connectivity index (χ0) is 25.7. The highest BCUT2D eigenvalue weighted by Gasteiger charge is 2.44. The number of nitrogens with zero attached hydrogens (tertiary/aromatic N) is 2. The van der Waals surface area contributed by atoms with Crippen LogP contribution in [0.2, 0.25) is 0 Å². The first-order valence-corrected chi connectivity index (χ1v) is 15.5. The number of likely N-dealkylation sites (N-methyl/N-ethyl adjacent to an activating group) is 2. The Morgan fingerprint density at radius 1 is 0.441 bits per heavy atom. The Morgan fingerprint density at radius 3 is 0.912 bits per heavy atom. The lowest BCUT2D eigenvalue weighted by atomic mass is 10.0. The van der Waals surface area contributed by atoms with Gasteiger partial charge in [-0.3, -0.25) is 8.97 Å². The molecule has 0 bridgehead atoms. The van der Waals surface area contributed by atoms with E-state index in [1.54, 1.807) is 0 Å². The van der Waals surface area contributed by atoms with Gasteiger partial charge in [-0.1, -0.05) is 117 Å². The molecule has 0 aliphatic heterocycles. The lowest BCUT2D eigenvalue weighted by molar-refractivity contribution is -1.11. The molecule has 0 spiro atoms. The summed E-state index contributed by atoms with van der Waals surface area (Å²) in [6, 6.07) is 0. The quantitative estimate of drug-likeness (QED) is 0.0780. The molecule has 0 aromatic heterocycles. The van der Waals surface area contributed by atoms with Crippen LogP contribution in [0.5, 0.6) is 0 Å². The number of rotatable bonds is 25. The van der Waals surface area contributed by atoms with E-state index in [0.29, 0.717) is 0 Å². The first-order chi connectivity index (χ1) is 16.2. The molecule has 3 heteroatoms. The number of hydrogen-bond donors (Lipinski definition) is 1. The highest BCUT2D eigenvalue weighted by Crippen LogP contribution is 2.23. The Labute approximate surface area is 216 Å². The molecule has 1 unspecified atom stereocenters. The van der Waals surface area contributed by atoms with E-state index in [0.717, 1.165) is 8.97 Å². The van der Waals surface area contributed by atoms with Gasteiger partial charge in [-0.25, -0.2) is 0 Å². The largest absolute Gasteiger partial charge is 0.381 e. The van der Waals surface area contributed by atoms with Crippen molar-refractivity contribution in [1.29, 1.82) is 0 Å². The van der Waals surface area contributed by atoms with Crippen molar-refractivity contribution in [3.63, 3.8) is 0 Å². The van der Waals surface area contributed by atoms with Crippen LogP contribution in [0, 0.1) is 0 Å². The van der Waals surface area contributed by atoms with Gasteiger partial charge < -0.3 is 5.11 Å². The molecule has 206 valence electrons. The van der Waals surface area contributed by atoms with Gasteiger partial charge in [0, 0.05) is 0 Å². The molecule has 1 N–H and O–H groups in total. The molecule has 0 saturated heterocycles. The monoisotopic (exact) mass is 485 g/mol. The molecule has 0 saturated carbocycles. The Balaban J connectivity index is 4.17. The second kappa shape index (κ2) is 21.0. The molecule has 0 aliphatic rings. The van der Waals surface area contributed by atoms with Crippen LogP contribution in [0.25, 0.3) is 0 Å². The predicted octanol–water partition coefficient (Wildman–Crippen LogP) is 8.69. The maximum atomic E-state index is 10.8. The van der Waals surface area contributed by atoms with Gasteiger partial charge in [-0.2, -0.15) is 0 Å². The van der Waals surface area contributed by atoms with Crippen molar-refractivity contribution in [1.82, 2.24) is 0 Å². The summed E-state index contributed by atoms with van der Waals surface area (Å²) in [6.07, 6.45) is 27.7. The normalized spacial score (nSPS) is 13.7. The molecule has 0 rings (SSSR count). The molecule has 0 aromatic carbocycles. The van der Waals surface area contributed by atoms with Crippen LogP contribution >= 0.6 is 0 Å². The number of hydrogen-bond acceptors (Lipinski definition) is 1. The van der Waals surface area contributed by atoms with Gasteiger partial charge in [0.05, 0.1) is 41.3 Å². The molecular formula is C31H68N2O+2. The Bertz CT molecular complexity index is 397. The first kappa shape index (κ1) is 33.9. The molecular weight excluding hydrogens is 416 g/mol.